The minimum Gasteiger partial charge on any atom is -0.380 e. The molecule has 0 bridgehead atoms. The first-order valence-electron chi connectivity index (χ1n) is 10.3. The van der Waals surface area contributed by atoms with E-state index in [-0.39, 0.29) is 36.1 Å². The summed E-state index contributed by atoms with van der Waals surface area (Å²) in [5, 5.41) is 6.86. The zero-order valence-electron chi connectivity index (χ0n) is 18.9. The highest BCUT2D eigenvalue weighted by atomic mass is 16.5. The molecule has 1 unspecified atom stereocenters. The number of nitrogens with one attached hydrogen (secondary N) is 1. The van der Waals surface area contributed by atoms with Gasteiger partial charge in [0.15, 0.2) is 5.69 Å². The Morgan fingerprint density at radius 2 is 2.13 bits per heavy atom. The number of carbonyl (C=O) groups is 2. The highest BCUT2D eigenvalue weighted by Crippen LogP contribution is 2.30. The Morgan fingerprint density at radius 3 is 2.77 bits per heavy atom. The molecule has 1 saturated heterocycles. The lowest BCUT2D eigenvalue weighted by Gasteiger charge is -2.19. The number of methoxy groups -OCH3 is 1. The third kappa shape index (κ3) is 4.84. The average Bonchev–Trinajstić information content (AvgIpc) is 3.34. The Kier molecular flexibility index (Phi) is 6.89. The maximum absolute atomic E-state index is 13.1. The largest absolute Gasteiger partial charge is 0.380 e. The molecule has 3 rings (SSSR count). The molecule has 1 fully saturated rings. The van der Waals surface area contributed by atoms with Gasteiger partial charge in [0.2, 0.25) is 5.95 Å². The van der Waals surface area contributed by atoms with Crippen molar-refractivity contribution in [3.63, 3.8) is 0 Å². The van der Waals surface area contributed by atoms with E-state index < -0.39 is 0 Å². The Hall–Kier alpha value is -3.01. The van der Waals surface area contributed by atoms with Gasteiger partial charge in [-0.1, -0.05) is 5.16 Å². The molecular formula is C21H30N6O4. The molecular weight excluding hydrogens is 400 g/mol. The molecule has 1 aliphatic heterocycles. The van der Waals surface area contributed by atoms with Crippen molar-refractivity contribution in [3.8, 4) is 0 Å². The van der Waals surface area contributed by atoms with E-state index in [0.717, 1.165) is 0 Å². The predicted octanol–water partition coefficient (Wildman–Crippen LogP) is 1.75. The molecule has 10 heteroatoms. The summed E-state index contributed by atoms with van der Waals surface area (Å²) in [4.78, 5) is 38.3. The number of aromatic nitrogens is 3. The first-order chi connectivity index (χ1) is 14.7. The molecule has 1 aliphatic rings. The van der Waals surface area contributed by atoms with Crippen molar-refractivity contribution in [2.75, 3.05) is 39.2 Å². The number of nitrogens with zero attached hydrogens (tertiary/aromatic N) is 5. The highest BCUT2D eigenvalue weighted by Gasteiger charge is 2.34. The monoisotopic (exact) mass is 430 g/mol. The summed E-state index contributed by atoms with van der Waals surface area (Å²) in [6.45, 7) is 6.79. The fourth-order valence-corrected chi connectivity index (χ4v) is 3.62. The van der Waals surface area contributed by atoms with Crippen LogP contribution in [0.5, 0.6) is 0 Å². The highest BCUT2D eigenvalue weighted by molar-refractivity contribution is 5.96. The van der Waals surface area contributed by atoms with Gasteiger partial charge in [0.05, 0.1) is 23.4 Å². The second kappa shape index (κ2) is 9.42. The molecule has 0 spiro atoms. The summed E-state index contributed by atoms with van der Waals surface area (Å²) in [6, 6.07) is -0.00913. The number of likely N-dealkylation sites (tertiary alicyclic amines) is 1. The molecule has 10 nitrogen and oxygen atoms in total. The smallest absolute Gasteiger partial charge is 0.276 e. The first-order valence-corrected chi connectivity index (χ1v) is 10.3. The fraction of sp³-hybridized carbons (Fsp3) is 0.571. The van der Waals surface area contributed by atoms with Crippen molar-refractivity contribution in [1.29, 1.82) is 0 Å². The zero-order valence-corrected chi connectivity index (χ0v) is 18.9. The second-order valence-electron chi connectivity index (χ2n) is 8.23. The normalized spacial score (nSPS) is 16.1. The molecule has 1 N–H and O–H groups in total. The Labute approximate surface area is 182 Å². The standard InChI is InChI=1S/C21H30N6O4/c1-12(2)23-19(28)15-9-22-21(26(4)5)24-17(15)14-7-8-27(10-14)20(29)18-16(11-30-6)13(3)31-25-18/h9,12,14H,7-8,10-11H2,1-6H3,(H,23,28). The molecule has 2 aromatic rings. The van der Waals surface area contributed by atoms with Gasteiger partial charge in [-0.25, -0.2) is 9.97 Å². The number of hydrogen-bond acceptors (Lipinski definition) is 8. The van der Waals surface area contributed by atoms with E-state index in [1.807, 2.05) is 27.9 Å². The Balaban J connectivity index is 1.87. The third-order valence-electron chi connectivity index (χ3n) is 5.21. The van der Waals surface area contributed by atoms with Crippen molar-refractivity contribution < 1.29 is 18.8 Å². The van der Waals surface area contributed by atoms with Gasteiger partial charge in [-0.2, -0.15) is 0 Å². The summed E-state index contributed by atoms with van der Waals surface area (Å²) < 4.78 is 10.4. The first kappa shape index (κ1) is 22.7. The van der Waals surface area contributed by atoms with Crippen LogP contribution >= 0.6 is 0 Å². The van der Waals surface area contributed by atoms with Crippen LogP contribution in [0.3, 0.4) is 0 Å². The van der Waals surface area contributed by atoms with Crippen LogP contribution in [0.1, 0.15) is 64.1 Å². The summed E-state index contributed by atoms with van der Waals surface area (Å²) in [5.41, 5.74) is 2.02. The molecule has 2 aromatic heterocycles. The number of rotatable bonds is 7. The van der Waals surface area contributed by atoms with Crippen LogP contribution in [0, 0.1) is 6.92 Å². The van der Waals surface area contributed by atoms with Crippen LogP contribution < -0.4 is 10.2 Å². The number of anilines is 1. The lowest BCUT2D eigenvalue weighted by molar-refractivity contribution is 0.0776. The molecule has 0 aromatic carbocycles. The SMILES string of the molecule is COCc1c(C(=O)N2CCC(c3nc(N(C)C)ncc3C(=O)NC(C)C)C2)noc1C. The van der Waals surface area contributed by atoms with Crippen LogP contribution in [0.15, 0.2) is 10.7 Å². The number of ether oxygens (including phenoxy) is 1. The van der Waals surface area contributed by atoms with Crippen molar-refractivity contribution >= 4 is 17.8 Å². The van der Waals surface area contributed by atoms with Crippen LogP contribution in [0.2, 0.25) is 0 Å². The Morgan fingerprint density at radius 1 is 1.39 bits per heavy atom. The van der Waals surface area contributed by atoms with Crippen molar-refractivity contribution in [3.05, 3.63) is 34.5 Å². The zero-order chi connectivity index (χ0) is 22.7. The predicted molar refractivity (Wildman–Crippen MR) is 114 cm³/mol. The van der Waals surface area contributed by atoms with Crippen LogP contribution in [0.25, 0.3) is 0 Å². The van der Waals surface area contributed by atoms with E-state index in [1.165, 1.54) is 0 Å². The van der Waals surface area contributed by atoms with Crippen molar-refractivity contribution in [2.24, 2.45) is 0 Å². The van der Waals surface area contributed by atoms with E-state index >= 15 is 0 Å². The van der Waals surface area contributed by atoms with Crippen LogP contribution in [-0.2, 0) is 11.3 Å². The topological polar surface area (TPSA) is 114 Å². The maximum atomic E-state index is 13.1. The van der Waals surface area contributed by atoms with Crippen molar-refractivity contribution in [1.82, 2.24) is 25.3 Å². The average molecular weight is 431 g/mol. The molecule has 0 saturated carbocycles. The molecule has 2 amide bonds. The number of hydrogen-bond donors (Lipinski definition) is 1. The van der Waals surface area contributed by atoms with Gasteiger partial charge in [0.1, 0.15) is 5.76 Å². The van der Waals surface area contributed by atoms with E-state index in [4.69, 9.17) is 9.26 Å². The van der Waals surface area contributed by atoms with E-state index in [1.54, 1.807) is 30.0 Å². The van der Waals surface area contributed by atoms with Gasteiger partial charge in [-0.15, -0.1) is 0 Å². The van der Waals surface area contributed by atoms with Gasteiger partial charge in [0.25, 0.3) is 11.8 Å². The molecule has 168 valence electrons. The molecule has 3 heterocycles. The quantitative estimate of drug-likeness (QED) is 0.707. The molecule has 1 atom stereocenters. The lowest BCUT2D eigenvalue weighted by Crippen LogP contribution is -2.33. The molecule has 0 radical (unpaired) electrons. The Bertz CT molecular complexity index is 955. The van der Waals surface area contributed by atoms with Crippen LogP contribution in [-0.4, -0.2) is 72.2 Å². The van der Waals surface area contributed by atoms with Gasteiger partial charge in [-0.05, 0) is 27.2 Å². The maximum Gasteiger partial charge on any atom is 0.276 e. The van der Waals surface area contributed by atoms with Crippen LogP contribution in [0.4, 0.5) is 5.95 Å². The van der Waals surface area contributed by atoms with Gasteiger partial charge < -0.3 is 24.4 Å². The second-order valence-corrected chi connectivity index (χ2v) is 8.23. The third-order valence-corrected chi connectivity index (χ3v) is 5.21. The summed E-state index contributed by atoms with van der Waals surface area (Å²) >= 11 is 0. The minimum atomic E-state index is -0.213. The fourth-order valence-electron chi connectivity index (χ4n) is 3.62. The number of aryl methyl sites for hydroxylation is 1. The molecule has 31 heavy (non-hydrogen) atoms. The lowest BCUT2D eigenvalue weighted by atomic mass is 9.99. The number of amides is 2. The summed E-state index contributed by atoms with van der Waals surface area (Å²) in [5.74, 6) is 0.587. The van der Waals surface area contributed by atoms with Crippen molar-refractivity contribution in [2.45, 2.75) is 45.8 Å². The van der Waals surface area contributed by atoms with E-state index in [0.29, 0.717) is 48.0 Å². The summed E-state index contributed by atoms with van der Waals surface area (Å²) in [6.07, 6.45) is 2.26. The molecule has 0 aliphatic carbocycles. The van der Waals surface area contributed by atoms with E-state index in [2.05, 4.69) is 20.4 Å². The minimum absolute atomic E-state index is 0.00913. The van der Waals surface area contributed by atoms with Gasteiger partial charge in [-0.3, -0.25) is 9.59 Å². The van der Waals surface area contributed by atoms with Gasteiger partial charge >= 0.3 is 0 Å². The summed E-state index contributed by atoms with van der Waals surface area (Å²) in [7, 11) is 5.26. The number of carbonyl (C=O) groups excluding carboxylic acids is 2. The van der Waals surface area contributed by atoms with E-state index in [9.17, 15) is 9.59 Å². The van der Waals surface area contributed by atoms with Gasteiger partial charge in [0, 0.05) is 52.5 Å².